The highest BCUT2D eigenvalue weighted by atomic mass is 32.2. The number of sulfonamides is 1. The number of nitrogens with two attached hydrogens (primary N) is 1. The number of piperidine rings is 1. The Kier molecular flexibility index (Phi) is 5.07. The summed E-state index contributed by atoms with van der Waals surface area (Å²) in [4.78, 5) is 30.4. The molecule has 1 atom stereocenters. The molecule has 1 aliphatic heterocycles. The van der Waals surface area contributed by atoms with Crippen LogP contribution in [0.25, 0.3) is 21.8 Å². The van der Waals surface area contributed by atoms with Gasteiger partial charge in [-0.1, -0.05) is 0 Å². The Hall–Kier alpha value is -2.85. The quantitative estimate of drug-likeness (QED) is 0.614. The number of carbonyl (C=O) groups excluding carboxylic acids is 1. The van der Waals surface area contributed by atoms with Gasteiger partial charge in [-0.2, -0.15) is 0 Å². The zero-order valence-electron chi connectivity index (χ0n) is 15.8. The molecule has 0 bridgehead atoms. The third-order valence-electron chi connectivity index (χ3n) is 5.34. The summed E-state index contributed by atoms with van der Waals surface area (Å²) in [6.45, 7) is 0.539. The van der Waals surface area contributed by atoms with Crippen molar-refractivity contribution in [2.75, 3.05) is 18.8 Å². The van der Waals surface area contributed by atoms with E-state index in [0.29, 0.717) is 24.9 Å². The third-order valence-corrected chi connectivity index (χ3v) is 6.27. The van der Waals surface area contributed by atoms with Crippen LogP contribution >= 0.6 is 0 Å². The molecule has 10 heteroatoms. The minimum Gasteiger partial charge on any atom is -0.354 e. The van der Waals surface area contributed by atoms with E-state index in [9.17, 15) is 26.8 Å². The number of nitrogens with one attached hydrogen (secondary N) is 1. The van der Waals surface area contributed by atoms with Crippen molar-refractivity contribution in [3.63, 3.8) is 0 Å². The summed E-state index contributed by atoms with van der Waals surface area (Å²) in [7, 11) is -3.69. The first-order valence-corrected chi connectivity index (χ1v) is 11.1. The van der Waals surface area contributed by atoms with Gasteiger partial charge in [-0.3, -0.25) is 9.59 Å². The van der Waals surface area contributed by atoms with Crippen molar-refractivity contribution >= 4 is 37.7 Å². The van der Waals surface area contributed by atoms with Gasteiger partial charge in [0.1, 0.15) is 11.6 Å². The van der Waals surface area contributed by atoms with Crippen molar-refractivity contribution in [3.8, 4) is 0 Å². The smallest absolute Gasteiger partial charge is 0.256 e. The second-order valence-electron chi connectivity index (χ2n) is 7.61. The summed E-state index contributed by atoms with van der Waals surface area (Å²) < 4.78 is 50.7. The predicted molar refractivity (Wildman–Crippen MR) is 109 cm³/mol. The third kappa shape index (κ3) is 3.92. The number of pyridine rings is 1. The van der Waals surface area contributed by atoms with Gasteiger partial charge in [-0.25, -0.2) is 22.3 Å². The molecule has 0 saturated carbocycles. The van der Waals surface area contributed by atoms with Crippen molar-refractivity contribution in [2.45, 2.75) is 12.8 Å². The van der Waals surface area contributed by atoms with Crippen molar-refractivity contribution in [1.82, 2.24) is 9.88 Å². The predicted octanol–water partition coefficient (Wildman–Crippen LogP) is 2.10. The molecule has 1 fully saturated rings. The van der Waals surface area contributed by atoms with Gasteiger partial charge in [0.25, 0.3) is 5.91 Å². The van der Waals surface area contributed by atoms with Crippen LogP contribution in [-0.2, 0) is 10.0 Å². The molecule has 30 heavy (non-hydrogen) atoms. The first-order chi connectivity index (χ1) is 14.1. The number of aromatic amines is 1. The number of halogens is 2. The number of hydrogen-bond donors (Lipinski definition) is 2. The molecule has 1 amide bonds. The highest BCUT2D eigenvalue weighted by molar-refractivity contribution is 7.89. The molecule has 158 valence electrons. The summed E-state index contributed by atoms with van der Waals surface area (Å²) in [6, 6.07) is 5.67. The molecule has 2 heterocycles. The maximum atomic E-state index is 14.3. The molecule has 0 unspecified atom stereocenters. The number of likely N-dealkylation sites (tertiary alicyclic amines) is 1. The van der Waals surface area contributed by atoms with Gasteiger partial charge in [0.2, 0.25) is 10.0 Å². The Balaban J connectivity index is 1.80. The van der Waals surface area contributed by atoms with Gasteiger partial charge in [0.15, 0.2) is 5.43 Å². The van der Waals surface area contributed by atoms with Gasteiger partial charge >= 0.3 is 0 Å². The number of hydrogen-bond acceptors (Lipinski definition) is 4. The number of carbonyl (C=O) groups is 1. The summed E-state index contributed by atoms with van der Waals surface area (Å²) in [5, 5.41) is 5.12. The Labute approximate surface area is 170 Å². The van der Waals surface area contributed by atoms with Crippen LogP contribution in [0.5, 0.6) is 0 Å². The fourth-order valence-corrected chi connectivity index (χ4v) is 5.00. The van der Waals surface area contributed by atoms with E-state index in [4.69, 9.17) is 5.14 Å². The maximum absolute atomic E-state index is 14.3. The first-order valence-electron chi connectivity index (χ1n) is 9.37. The molecule has 4 rings (SSSR count). The van der Waals surface area contributed by atoms with Gasteiger partial charge in [0, 0.05) is 29.4 Å². The van der Waals surface area contributed by atoms with Gasteiger partial charge in [0.05, 0.1) is 16.8 Å². The Morgan fingerprint density at radius 1 is 1.17 bits per heavy atom. The van der Waals surface area contributed by atoms with E-state index in [1.807, 2.05) is 0 Å². The standard InChI is InChI=1S/C20H19F2N3O4S/c21-12-3-4-17-14(6-12)19(26)15-7-13(22)8-16(18(15)24-17)20(27)25-5-1-2-11(9-25)10-30(23,28)29/h3-4,6-8,11H,1-2,5,9-10H2,(H,24,26)(H2,23,28,29)/t11-/m0/s1. The number of H-pyrrole nitrogens is 1. The Morgan fingerprint density at radius 3 is 2.63 bits per heavy atom. The lowest BCUT2D eigenvalue weighted by Gasteiger charge is -2.32. The highest BCUT2D eigenvalue weighted by Crippen LogP contribution is 2.25. The monoisotopic (exact) mass is 435 g/mol. The lowest BCUT2D eigenvalue weighted by atomic mass is 9.98. The van der Waals surface area contributed by atoms with Gasteiger partial charge < -0.3 is 9.88 Å². The SMILES string of the molecule is NS(=O)(=O)C[C@H]1CCCN(C(=O)c2cc(F)cc3c(=O)c4cc(F)ccc4[nH]c23)C1. The zero-order valence-corrected chi connectivity index (χ0v) is 16.6. The van der Waals surface area contributed by atoms with E-state index in [1.54, 1.807) is 0 Å². The van der Waals surface area contributed by atoms with E-state index in [-0.39, 0.29) is 40.1 Å². The lowest BCUT2D eigenvalue weighted by molar-refractivity contribution is 0.0685. The van der Waals surface area contributed by atoms with E-state index >= 15 is 0 Å². The van der Waals surface area contributed by atoms with Crippen molar-refractivity contribution in [1.29, 1.82) is 0 Å². The molecule has 7 nitrogen and oxygen atoms in total. The molecule has 2 aromatic carbocycles. The number of benzene rings is 2. The molecule has 1 aromatic heterocycles. The molecule has 1 aliphatic rings. The average molecular weight is 435 g/mol. The molecule has 0 aliphatic carbocycles. The average Bonchev–Trinajstić information content (AvgIpc) is 2.67. The molecule has 3 N–H and O–H groups in total. The Bertz CT molecular complexity index is 1340. The largest absolute Gasteiger partial charge is 0.354 e. The van der Waals surface area contributed by atoms with Crippen molar-refractivity contribution in [3.05, 3.63) is 57.8 Å². The molecular weight excluding hydrogens is 416 g/mol. The highest BCUT2D eigenvalue weighted by Gasteiger charge is 2.28. The summed E-state index contributed by atoms with van der Waals surface area (Å²) in [5.74, 6) is -2.45. The van der Waals surface area contributed by atoms with Crippen LogP contribution in [0.3, 0.4) is 0 Å². The number of nitrogens with zero attached hydrogens (tertiary/aromatic N) is 1. The normalized spacial score (nSPS) is 17.6. The fraction of sp³-hybridized carbons (Fsp3) is 0.300. The summed E-state index contributed by atoms with van der Waals surface area (Å²) >= 11 is 0. The lowest BCUT2D eigenvalue weighted by Crippen LogP contribution is -2.42. The Morgan fingerprint density at radius 2 is 1.90 bits per heavy atom. The molecule has 0 spiro atoms. The molecule has 1 saturated heterocycles. The van der Waals surface area contributed by atoms with Crippen LogP contribution in [0.1, 0.15) is 23.2 Å². The van der Waals surface area contributed by atoms with Gasteiger partial charge in [-0.15, -0.1) is 0 Å². The van der Waals surface area contributed by atoms with Crippen LogP contribution in [0, 0.1) is 17.6 Å². The first kappa shape index (κ1) is 20.4. The molecular formula is C20H19F2N3O4S. The minimum atomic E-state index is -3.69. The number of rotatable bonds is 3. The van der Waals surface area contributed by atoms with Crippen LogP contribution in [0.4, 0.5) is 8.78 Å². The second kappa shape index (κ2) is 7.44. The molecule has 0 radical (unpaired) electrons. The fourth-order valence-electron chi connectivity index (χ4n) is 4.07. The zero-order chi connectivity index (χ0) is 21.6. The summed E-state index contributed by atoms with van der Waals surface area (Å²) in [5.41, 5.74) is -0.151. The van der Waals surface area contributed by atoms with Crippen LogP contribution < -0.4 is 10.6 Å². The minimum absolute atomic E-state index is 0.0374. The topological polar surface area (TPSA) is 113 Å². The number of fused-ring (bicyclic) bond motifs is 2. The van der Waals surface area contributed by atoms with Crippen LogP contribution in [0.2, 0.25) is 0 Å². The van der Waals surface area contributed by atoms with Crippen LogP contribution in [0.15, 0.2) is 35.1 Å². The van der Waals surface area contributed by atoms with Gasteiger partial charge in [-0.05, 0) is 49.1 Å². The number of aromatic nitrogens is 1. The number of amides is 1. The number of primary sulfonamides is 1. The van der Waals surface area contributed by atoms with Crippen LogP contribution in [-0.4, -0.2) is 43.1 Å². The van der Waals surface area contributed by atoms with E-state index in [2.05, 4.69) is 4.98 Å². The molecule has 3 aromatic rings. The van der Waals surface area contributed by atoms with Crippen molar-refractivity contribution in [2.24, 2.45) is 11.1 Å². The van der Waals surface area contributed by atoms with E-state index in [0.717, 1.165) is 18.2 Å². The van der Waals surface area contributed by atoms with E-state index in [1.165, 1.54) is 17.0 Å². The second-order valence-corrected chi connectivity index (χ2v) is 9.27. The van der Waals surface area contributed by atoms with E-state index < -0.39 is 33.0 Å². The summed E-state index contributed by atoms with van der Waals surface area (Å²) in [6.07, 6.45) is 1.19. The van der Waals surface area contributed by atoms with Crippen molar-refractivity contribution < 1.29 is 22.0 Å². The maximum Gasteiger partial charge on any atom is 0.256 e.